The molecule has 2 aromatic carbocycles. The van der Waals surface area contributed by atoms with Gasteiger partial charge in [-0.25, -0.2) is 14.0 Å². The van der Waals surface area contributed by atoms with Crippen LogP contribution < -0.4 is 10.5 Å². The smallest absolute Gasteiger partial charge is 0.199 e. The SMILES string of the molecule is CN(C)CCOc1ccc(-n2c(-c3nonc3N)nc3cncc(-c4ccc(F)cc4)c32)cc1. The summed E-state index contributed by atoms with van der Waals surface area (Å²) in [6.45, 7) is 1.39. The van der Waals surface area contributed by atoms with Crippen molar-refractivity contribution in [1.82, 2.24) is 29.7 Å². The van der Waals surface area contributed by atoms with E-state index in [-0.39, 0.29) is 11.6 Å². The molecule has 9 nitrogen and oxygen atoms in total. The van der Waals surface area contributed by atoms with E-state index in [2.05, 4.69) is 20.2 Å². The van der Waals surface area contributed by atoms with Crippen LogP contribution in [0.15, 0.2) is 65.6 Å². The maximum Gasteiger partial charge on any atom is 0.199 e. The molecule has 3 aromatic heterocycles. The van der Waals surface area contributed by atoms with Gasteiger partial charge in [0.2, 0.25) is 0 Å². The fraction of sp³-hybridized carbons (Fsp3) is 0.167. The van der Waals surface area contributed by atoms with Gasteiger partial charge >= 0.3 is 0 Å². The van der Waals surface area contributed by atoms with Gasteiger partial charge in [-0.15, -0.1) is 0 Å². The molecule has 5 aromatic rings. The Morgan fingerprint density at radius 2 is 1.79 bits per heavy atom. The summed E-state index contributed by atoms with van der Waals surface area (Å²) in [5.74, 6) is 1.01. The van der Waals surface area contributed by atoms with Crippen LogP contribution in [-0.4, -0.2) is 57.0 Å². The first-order valence-corrected chi connectivity index (χ1v) is 10.6. The number of hydrogen-bond acceptors (Lipinski definition) is 8. The molecule has 0 saturated carbocycles. The number of fused-ring (bicyclic) bond motifs is 1. The number of ether oxygens (including phenoxy) is 1. The van der Waals surface area contributed by atoms with Crippen molar-refractivity contribution in [2.45, 2.75) is 0 Å². The van der Waals surface area contributed by atoms with Crippen LogP contribution >= 0.6 is 0 Å². The molecule has 0 spiro atoms. The summed E-state index contributed by atoms with van der Waals surface area (Å²) in [7, 11) is 3.99. The predicted molar refractivity (Wildman–Crippen MR) is 126 cm³/mol. The van der Waals surface area contributed by atoms with E-state index >= 15 is 0 Å². The first kappa shape index (κ1) is 21.5. The molecule has 3 heterocycles. The van der Waals surface area contributed by atoms with Gasteiger partial charge in [-0.1, -0.05) is 12.1 Å². The number of nitrogen functional groups attached to an aromatic ring is 1. The molecule has 172 valence electrons. The molecule has 0 radical (unpaired) electrons. The molecule has 0 saturated heterocycles. The Hall–Kier alpha value is -4.31. The van der Waals surface area contributed by atoms with Crippen LogP contribution in [0, 0.1) is 5.82 Å². The van der Waals surface area contributed by atoms with Gasteiger partial charge in [-0.3, -0.25) is 9.55 Å². The zero-order valence-electron chi connectivity index (χ0n) is 18.6. The average Bonchev–Trinajstić information content (AvgIpc) is 3.43. The molecule has 0 aliphatic carbocycles. The maximum atomic E-state index is 13.6. The summed E-state index contributed by atoms with van der Waals surface area (Å²) in [6, 6.07) is 13.9. The van der Waals surface area contributed by atoms with E-state index in [0.717, 1.165) is 34.6 Å². The topological polar surface area (TPSA) is 108 Å². The third kappa shape index (κ3) is 4.06. The second-order valence-electron chi connectivity index (χ2n) is 7.98. The van der Waals surface area contributed by atoms with E-state index < -0.39 is 0 Å². The second-order valence-corrected chi connectivity index (χ2v) is 7.98. The highest BCUT2D eigenvalue weighted by atomic mass is 19.1. The summed E-state index contributed by atoms with van der Waals surface area (Å²) < 4.78 is 26.2. The normalized spacial score (nSPS) is 11.4. The zero-order valence-corrected chi connectivity index (χ0v) is 18.6. The van der Waals surface area contributed by atoms with Gasteiger partial charge in [0.05, 0.1) is 11.7 Å². The maximum absolute atomic E-state index is 13.6. The Morgan fingerprint density at radius 3 is 2.47 bits per heavy atom. The Morgan fingerprint density at radius 1 is 1.03 bits per heavy atom. The molecule has 2 N–H and O–H groups in total. The Balaban J connectivity index is 1.67. The first-order chi connectivity index (χ1) is 16.5. The van der Waals surface area contributed by atoms with Gasteiger partial charge in [0.1, 0.15) is 23.7 Å². The van der Waals surface area contributed by atoms with Crippen LogP contribution in [0.2, 0.25) is 0 Å². The van der Waals surface area contributed by atoms with Gasteiger partial charge < -0.3 is 15.4 Å². The fourth-order valence-electron chi connectivity index (χ4n) is 3.67. The number of halogens is 1. The fourth-order valence-corrected chi connectivity index (χ4v) is 3.67. The van der Waals surface area contributed by atoms with Crippen molar-refractivity contribution in [1.29, 1.82) is 0 Å². The van der Waals surface area contributed by atoms with Crippen LogP contribution in [0.4, 0.5) is 10.2 Å². The number of hydrogen-bond donors (Lipinski definition) is 1. The molecule has 0 aliphatic rings. The van der Waals surface area contributed by atoms with E-state index in [4.69, 9.17) is 20.1 Å². The monoisotopic (exact) mass is 459 g/mol. The molecule has 0 unspecified atom stereocenters. The summed E-state index contributed by atoms with van der Waals surface area (Å²) in [5.41, 5.74) is 10.1. The van der Waals surface area contributed by atoms with E-state index in [9.17, 15) is 4.39 Å². The van der Waals surface area contributed by atoms with E-state index in [1.54, 1.807) is 24.5 Å². The Bertz CT molecular complexity index is 1430. The van der Waals surface area contributed by atoms with Crippen molar-refractivity contribution in [2.24, 2.45) is 0 Å². The van der Waals surface area contributed by atoms with E-state index in [0.29, 0.717) is 23.6 Å². The lowest BCUT2D eigenvalue weighted by atomic mass is 10.1. The molecule has 0 atom stereocenters. The number of imidazole rings is 1. The van der Waals surface area contributed by atoms with E-state index in [1.165, 1.54) is 12.1 Å². The summed E-state index contributed by atoms with van der Waals surface area (Å²) in [6.07, 6.45) is 3.38. The Labute approximate surface area is 194 Å². The van der Waals surface area contributed by atoms with Gasteiger partial charge in [0.25, 0.3) is 0 Å². The molecule has 5 rings (SSSR count). The molecule has 0 bridgehead atoms. The summed E-state index contributed by atoms with van der Waals surface area (Å²) in [4.78, 5) is 11.1. The third-order valence-corrected chi connectivity index (χ3v) is 5.34. The minimum absolute atomic E-state index is 0.122. The van der Waals surface area contributed by atoms with Crippen molar-refractivity contribution in [2.75, 3.05) is 33.0 Å². The highest BCUT2D eigenvalue weighted by Gasteiger charge is 2.23. The van der Waals surface area contributed by atoms with Gasteiger partial charge in [-0.2, -0.15) is 0 Å². The average molecular weight is 459 g/mol. The van der Waals surface area contributed by atoms with Gasteiger partial charge in [0, 0.05) is 24.0 Å². The number of anilines is 1. The zero-order chi connectivity index (χ0) is 23.7. The highest BCUT2D eigenvalue weighted by molar-refractivity contribution is 5.95. The number of nitrogens with zero attached hydrogens (tertiary/aromatic N) is 6. The number of nitrogens with two attached hydrogens (primary N) is 1. The van der Waals surface area contributed by atoms with Gasteiger partial charge in [-0.05, 0) is 66.4 Å². The van der Waals surface area contributed by atoms with Crippen molar-refractivity contribution in [3.05, 3.63) is 66.7 Å². The highest BCUT2D eigenvalue weighted by Crippen LogP contribution is 2.35. The van der Waals surface area contributed by atoms with Crippen molar-refractivity contribution in [3.8, 4) is 34.1 Å². The number of rotatable bonds is 7. The lowest BCUT2D eigenvalue weighted by molar-refractivity contribution is 0.261. The number of benzene rings is 2. The van der Waals surface area contributed by atoms with Crippen LogP contribution in [-0.2, 0) is 0 Å². The van der Waals surface area contributed by atoms with Crippen LogP contribution in [0.25, 0.3) is 39.4 Å². The van der Waals surface area contributed by atoms with Gasteiger partial charge in [0.15, 0.2) is 17.3 Å². The first-order valence-electron chi connectivity index (χ1n) is 10.6. The molecule has 0 aliphatic heterocycles. The molecular weight excluding hydrogens is 437 g/mol. The largest absolute Gasteiger partial charge is 0.492 e. The van der Waals surface area contributed by atoms with E-state index in [1.807, 2.05) is 42.9 Å². The summed E-state index contributed by atoms with van der Waals surface area (Å²) in [5, 5.41) is 7.67. The van der Waals surface area contributed by atoms with Crippen molar-refractivity contribution < 1.29 is 13.8 Å². The van der Waals surface area contributed by atoms with Crippen LogP contribution in [0.5, 0.6) is 5.75 Å². The minimum atomic E-state index is -0.315. The second kappa shape index (κ2) is 8.91. The van der Waals surface area contributed by atoms with Crippen molar-refractivity contribution in [3.63, 3.8) is 0 Å². The standard InChI is InChI=1S/C24H22FN7O2/c1-31(2)11-12-33-18-9-7-17(8-10-18)32-22-19(15-3-5-16(25)6-4-15)13-27-14-20(22)28-24(32)21-23(26)30-34-29-21/h3-10,13-14H,11-12H2,1-2H3,(H2,26,30). The predicted octanol–water partition coefficient (Wildman–Crippen LogP) is 3.80. The molecular formula is C24H22FN7O2. The molecule has 0 amide bonds. The lowest BCUT2D eigenvalue weighted by Gasteiger charge is -2.13. The molecule has 0 fully saturated rings. The third-order valence-electron chi connectivity index (χ3n) is 5.34. The van der Waals surface area contributed by atoms with Crippen LogP contribution in [0.3, 0.4) is 0 Å². The molecule has 10 heteroatoms. The van der Waals surface area contributed by atoms with Crippen LogP contribution in [0.1, 0.15) is 0 Å². The Kier molecular flexibility index (Phi) is 5.64. The lowest BCUT2D eigenvalue weighted by Crippen LogP contribution is -2.19. The number of likely N-dealkylation sites (N-methyl/N-ethyl adjacent to an activating group) is 1. The van der Waals surface area contributed by atoms with Crippen molar-refractivity contribution >= 4 is 16.9 Å². The minimum Gasteiger partial charge on any atom is -0.492 e. The quantitative estimate of drug-likeness (QED) is 0.392. The molecule has 34 heavy (non-hydrogen) atoms. The summed E-state index contributed by atoms with van der Waals surface area (Å²) >= 11 is 0. The number of pyridine rings is 1. The number of aromatic nitrogens is 5.